The number of fused-ring (bicyclic) bond motifs is 1. The summed E-state index contributed by atoms with van der Waals surface area (Å²) < 4.78 is 30.9. The lowest BCUT2D eigenvalue weighted by molar-refractivity contribution is 0.0106. The van der Waals surface area contributed by atoms with Crippen molar-refractivity contribution in [2.24, 2.45) is 0 Å². The molecular formula is C26H30FNO3. The van der Waals surface area contributed by atoms with E-state index in [0.29, 0.717) is 19.8 Å². The van der Waals surface area contributed by atoms with E-state index < -0.39 is 0 Å². The molecule has 3 aromatic carbocycles. The second-order valence-corrected chi connectivity index (χ2v) is 8.01. The molecule has 3 aromatic rings. The Kier molecular flexibility index (Phi) is 7.52. The van der Waals surface area contributed by atoms with Gasteiger partial charge in [-0.05, 0) is 53.7 Å². The minimum atomic E-state index is -0.204. The molecule has 0 amide bonds. The highest BCUT2D eigenvalue weighted by atomic mass is 19.1. The molecule has 0 aliphatic carbocycles. The summed E-state index contributed by atoms with van der Waals surface area (Å²) in [6.45, 7) is 3.53. The van der Waals surface area contributed by atoms with Crippen LogP contribution in [0.5, 0.6) is 5.75 Å². The van der Waals surface area contributed by atoms with E-state index in [-0.39, 0.29) is 17.8 Å². The summed E-state index contributed by atoms with van der Waals surface area (Å²) in [5.41, 5.74) is 2.22. The SMILES string of the molecule is COCCCOc1cc(COC2CNCCC2c2ccc(F)cc2)cc2ccccc12. The van der Waals surface area contributed by atoms with Crippen LogP contribution in [0.25, 0.3) is 10.8 Å². The molecule has 1 saturated heterocycles. The number of methoxy groups -OCH3 is 1. The molecule has 0 aromatic heterocycles. The van der Waals surface area contributed by atoms with Crippen molar-refractivity contribution in [3.63, 3.8) is 0 Å². The predicted octanol–water partition coefficient (Wildman–Crippen LogP) is 5.06. The largest absolute Gasteiger partial charge is 0.493 e. The van der Waals surface area contributed by atoms with Gasteiger partial charge in [-0.2, -0.15) is 0 Å². The lowest BCUT2D eigenvalue weighted by Gasteiger charge is -2.32. The highest BCUT2D eigenvalue weighted by molar-refractivity contribution is 5.89. The van der Waals surface area contributed by atoms with E-state index in [4.69, 9.17) is 14.2 Å². The van der Waals surface area contributed by atoms with Crippen LogP contribution in [0.1, 0.15) is 29.9 Å². The van der Waals surface area contributed by atoms with Gasteiger partial charge in [0.15, 0.2) is 0 Å². The fourth-order valence-corrected chi connectivity index (χ4v) is 4.22. The summed E-state index contributed by atoms with van der Waals surface area (Å²) >= 11 is 0. The van der Waals surface area contributed by atoms with E-state index in [2.05, 4.69) is 29.6 Å². The number of hydrogen-bond donors (Lipinski definition) is 1. The van der Waals surface area contributed by atoms with Crippen molar-refractivity contribution in [2.45, 2.75) is 31.5 Å². The molecule has 4 nitrogen and oxygen atoms in total. The number of rotatable bonds is 9. The number of hydrogen-bond acceptors (Lipinski definition) is 4. The third-order valence-corrected chi connectivity index (χ3v) is 5.82. The molecule has 1 aliphatic heterocycles. The van der Waals surface area contributed by atoms with Crippen molar-refractivity contribution in [3.8, 4) is 5.75 Å². The van der Waals surface area contributed by atoms with E-state index >= 15 is 0 Å². The summed E-state index contributed by atoms with van der Waals surface area (Å²) in [7, 11) is 1.70. The molecule has 2 atom stereocenters. The Balaban J connectivity index is 1.48. The molecule has 0 radical (unpaired) electrons. The van der Waals surface area contributed by atoms with Gasteiger partial charge in [-0.15, -0.1) is 0 Å². The molecule has 0 bridgehead atoms. The molecule has 1 N–H and O–H groups in total. The zero-order valence-corrected chi connectivity index (χ0v) is 18.0. The Hall–Kier alpha value is -2.47. The van der Waals surface area contributed by atoms with E-state index in [0.717, 1.165) is 53.6 Å². The number of piperidine rings is 1. The minimum absolute atomic E-state index is 0.0387. The van der Waals surface area contributed by atoms with E-state index in [1.54, 1.807) is 7.11 Å². The van der Waals surface area contributed by atoms with Crippen molar-refractivity contribution < 1.29 is 18.6 Å². The molecule has 0 saturated carbocycles. The van der Waals surface area contributed by atoms with Crippen molar-refractivity contribution >= 4 is 10.8 Å². The Morgan fingerprint density at radius 1 is 1.03 bits per heavy atom. The van der Waals surface area contributed by atoms with Crippen LogP contribution < -0.4 is 10.1 Å². The van der Waals surface area contributed by atoms with Crippen molar-refractivity contribution in [1.82, 2.24) is 5.32 Å². The summed E-state index contributed by atoms with van der Waals surface area (Å²) in [5, 5.41) is 5.67. The van der Waals surface area contributed by atoms with Gasteiger partial charge in [0.1, 0.15) is 11.6 Å². The Bertz CT molecular complexity index is 976. The molecule has 1 heterocycles. The molecule has 164 valence electrons. The number of benzene rings is 3. The van der Waals surface area contributed by atoms with Gasteiger partial charge in [0.05, 0.1) is 19.3 Å². The standard InChI is InChI=1S/C26H30FNO3/c1-29-13-4-14-30-25-16-19(15-21-5-2-3-6-23(21)25)18-31-26-17-28-12-11-24(26)20-7-9-22(27)10-8-20/h2-3,5-10,15-16,24,26,28H,4,11-14,17-18H2,1H3. The number of ether oxygens (including phenoxy) is 3. The fourth-order valence-electron chi connectivity index (χ4n) is 4.22. The van der Waals surface area contributed by atoms with E-state index in [1.807, 2.05) is 24.3 Å². The lowest BCUT2D eigenvalue weighted by Crippen LogP contribution is -2.40. The first-order chi connectivity index (χ1) is 15.2. The fraction of sp³-hybridized carbons (Fsp3) is 0.385. The van der Waals surface area contributed by atoms with Crippen LogP contribution in [-0.4, -0.2) is 39.5 Å². The zero-order valence-electron chi connectivity index (χ0n) is 18.0. The van der Waals surface area contributed by atoms with Crippen molar-refractivity contribution in [3.05, 3.63) is 77.6 Å². The van der Waals surface area contributed by atoms with Gasteiger partial charge in [-0.25, -0.2) is 4.39 Å². The first-order valence-corrected chi connectivity index (χ1v) is 11.0. The maximum absolute atomic E-state index is 13.4. The zero-order chi connectivity index (χ0) is 21.5. The molecule has 0 spiro atoms. The van der Waals surface area contributed by atoms with Crippen LogP contribution in [0, 0.1) is 5.82 Å². The predicted molar refractivity (Wildman–Crippen MR) is 121 cm³/mol. The second-order valence-electron chi connectivity index (χ2n) is 8.01. The third-order valence-electron chi connectivity index (χ3n) is 5.82. The summed E-state index contributed by atoms with van der Waals surface area (Å²) in [5.74, 6) is 0.932. The maximum atomic E-state index is 13.4. The highest BCUT2D eigenvalue weighted by Gasteiger charge is 2.27. The Morgan fingerprint density at radius 3 is 2.71 bits per heavy atom. The van der Waals surface area contributed by atoms with Gasteiger partial charge in [-0.1, -0.05) is 36.4 Å². The van der Waals surface area contributed by atoms with Crippen molar-refractivity contribution in [1.29, 1.82) is 0 Å². The average Bonchev–Trinajstić information content (AvgIpc) is 2.81. The van der Waals surface area contributed by atoms with Gasteiger partial charge in [0.2, 0.25) is 0 Å². The highest BCUT2D eigenvalue weighted by Crippen LogP contribution is 2.31. The van der Waals surface area contributed by atoms with Gasteiger partial charge >= 0.3 is 0 Å². The summed E-state index contributed by atoms with van der Waals surface area (Å²) in [6, 6.07) is 19.3. The molecule has 2 unspecified atom stereocenters. The van der Waals surface area contributed by atoms with Gasteiger partial charge in [0.25, 0.3) is 0 Å². The second kappa shape index (κ2) is 10.7. The van der Waals surface area contributed by atoms with Crippen LogP contribution in [0.3, 0.4) is 0 Å². The molecule has 1 fully saturated rings. The smallest absolute Gasteiger partial charge is 0.127 e. The Morgan fingerprint density at radius 2 is 1.87 bits per heavy atom. The minimum Gasteiger partial charge on any atom is -0.493 e. The number of halogens is 1. The van der Waals surface area contributed by atoms with Crippen LogP contribution in [0.2, 0.25) is 0 Å². The molecule has 4 rings (SSSR count). The topological polar surface area (TPSA) is 39.7 Å². The van der Waals surface area contributed by atoms with E-state index in [9.17, 15) is 4.39 Å². The van der Waals surface area contributed by atoms with Crippen molar-refractivity contribution in [2.75, 3.05) is 33.4 Å². The Labute approximate surface area is 183 Å². The van der Waals surface area contributed by atoms with Crippen LogP contribution in [0.4, 0.5) is 4.39 Å². The third kappa shape index (κ3) is 5.62. The summed E-state index contributed by atoms with van der Waals surface area (Å²) in [4.78, 5) is 0. The molecular weight excluding hydrogens is 393 g/mol. The van der Waals surface area contributed by atoms with Gasteiger partial charge in [0, 0.05) is 38.0 Å². The van der Waals surface area contributed by atoms with Crippen LogP contribution in [0.15, 0.2) is 60.7 Å². The normalized spacial score (nSPS) is 18.9. The van der Waals surface area contributed by atoms with Crippen LogP contribution in [-0.2, 0) is 16.1 Å². The molecule has 31 heavy (non-hydrogen) atoms. The quantitative estimate of drug-likeness (QED) is 0.489. The molecule has 5 heteroatoms. The lowest BCUT2D eigenvalue weighted by atomic mass is 9.88. The summed E-state index contributed by atoms with van der Waals surface area (Å²) in [6.07, 6.45) is 1.86. The van der Waals surface area contributed by atoms with E-state index in [1.165, 1.54) is 12.1 Å². The van der Waals surface area contributed by atoms with Crippen LogP contribution >= 0.6 is 0 Å². The van der Waals surface area contributed by atoms with Gasteiger partial charge < -0.3 is 19.5 Å². The van der Waals surface area contributed by atoms with Gasteiger partial charge in [-0.3, -0.25) is 0 Å². The monoisotopic (exact) mass is 423 g/mol. The first-order valence-electron chi connectivity index (χ1n) is 11.0. The molecule has 1 aliphatic rings. The maximum Gasteiger partial charge on any atom is 0.127 e. The average molecular weight is 424 g/mol. The number of nitrogens with one attached hydrogen (secondary N) is 1. The first kappa shape index (κ1) is 21.8.